The van der Waals surface area contributed by atoms with Gasteiger partial charge in [-0.1, -0.05) is 12.1 Å². The van der Waals surface area contributed by atoms with Crippen molar-refractivity contribution in [1.29, 1.82) is 0 Å². The van der Waals surface area contributed by atoms with Gasteiger partial charge in [0.05, 0.1) is 14.2 Å². The smallest absolute Gasteiger partial charge is 0.344 e. The first-order chi connectivity index (χ1) is 14.3. The Bertz CT molecular complexity index is 893. The summed E-state index contributed by atoms with van der Waals surface area (Å²) < 4.78 is 20.8. The molecule has 0 saturated carbocycles. The van der Waals surface area contributed by atoms with Crippen LogP contribution < -0.4 is 19.5 Å². The number of hydrogen-bond acceptors (Lipinski definition) is 7. The molecule has 0 bridgehead atoms. The van der Waals surface area contributed by atoms with Crippen molar-refractivity contribution in [2.75, 3.05) is 20.8 Å². The maximum atomic E-state index is 12.1. The molecule has 0 aliphatic heterocycles. The lowest BCUT2D eigenvalue weighted by Gasteiger charge is -2.15. The molecule has 0 aliphatic carbocycles. The van der Waals surface area contributed by atoms with Gasteiger partial charge in [-0.3, -0.25) is 9.59 Å². The molecule has 0 aliphatic rings. The number of rotatable bonds is 10. The normalized spacial score (nSPS) is 11.2. The second-order valence-corrected chi connectivity index (χ2v) is 6.41. The van der Waals surface area contributed by atoms with Crippen molar-refractivity contribution in [2.45, 2.75) is 26.5 Å². The lowest BCUT2D eigenvalue weighted by Crippen LogP contribution is -2.36. The summed E-state index contributed by atoms with van der Waals surface area (Å²) in [5.74, 6) is 0.0767. The van der Waals surface area contributed by atoms with Crippen molar-refractivity contribution in [3.05, 3.63) is 53.6 Å². The van der Waals surface area contributed by atoms with Gasteiger partial charge < -0.3 is 24.3 Å². The summed E-state index contributed by atoms with van der Waals surface area (Å²) in [5.41, 5.74) is 1.34. The molecule has 2 aromatic rings. The fourth-order valence-corrected chi connectivity index (χ4v) is 2.50. The lowest BCUT2D eigenvalue weighted by atomic mass is 10.1. The number of ether oxygens (including phenoxy) is 4. The molecule has 8 nitrogen and oxygen atoms in total. The summed E-state index contributed by atoms with van der Waals surface area (Å²) in [6, 6.07) is 11.9. The monoisotopic (exact) mass is 415 g/mol. The highest BCUT2D eigenvalue weighted by atomic mass is 16.6. The van der Waals surface area contributed by atoms with Crippen molar-refractivity contribution in [3.8, 4) is 17.2 Å². The molecule has 0 saturated heterocycles. The molecule has 0 unspecified atom stereocenters. The first-order valence-electron chi connectivity index (χ1n) is 9.26. The fraction of sp³-hybridized carbons (Fsp3) is 0.318. The highest BCUT2D eigenvalue weighted by Crippen LogP contribution is 2.28. The molecule has 2 rings (SSSR count). The molecule has 30 heavy (non-hydrogen) atoms. The Morgan fingerprint density at radius 2 is 1.67 bits per heavy atom. The zero-order valence-corrected chi connectivity index (χ0v) is 17.4. The molecule has 160 valence electrons. The maximum Gasteiger partial charge on any atom is 0.344 e. The molecule has 0 radical (unpaired) electrons. The fourth-order valence-electron chi connectivity index (χ4n) is 2.50. The number of carbonyl (C=O) groups excluding carboxylic acids is 3. The van der Waals surface area contributed by atoms with E-state index in [4.69, 9.17) is 18.9 Å². The molecule has 0 fully saturated rings. The van der Waals surface area contributed by atoms with Crippen LogP contribution in [0.2, 0.25) is 0 Å². The summed E-state index contributed by atoms with van der Waals surface area (Å²) in [7, 11) is 3.01. The summed E-state index contributed by atoms with van der Waals surface area (Å²) in [4.78, 5) is 35.6. The van der Waals surface area contributed by atoms with E-state index in [0.717, 1.165) is 11.3 Å². The topological polar surface area (TPSA) is 100 Å². The van der Waals surface area contributed by atoms with Crippen LogP contribution in [0.1, 0.15) is 29.8 Å². The number of esters is 1. The Morgan fingerprint density at radius 3 is 2.27 bits per heavy atom. The van der Waals surface area contributed by atoms with Gasteiger partial charge in [0.25, 0.3) is 5.91 Å². The van der Waals surface area contributed by atoms with Crippen LogP contribution in [0.25, 0.3) is 0 Å². The van der Waals surface area contributed by atoms with E-state index in [2.05, 4.69) is 5.32 Å². The largest absolute Gasteiger partial charge is 0.497 e. The van der Waals surface area contributed by atoms with Crippen molar-refractivity contribution < 1.29 is 33.3 Å². The summed E-state index contributed by atoms with van der Waals surface area (Å²) in [6.45, 7) is 2.80. The standard InChI is InChI=1S/C22H25NO7/c1-14(24)17-7-10-19(20(11-17)28-4)29-13-21(25)30-15(2)22(26)23-12-16-5-8-18(27-3)9-6-16/h5-11,15H,12-13H2,1-4H3,(H,23,26)/t15-/m1/s1. The minimum atomic E-state index is -0.985. The second kappa shape index (κ2) is 10.8. The molecule has 0 heterocycles. The van der Waals surface area contributed by atoms with Gasteiger partial charge in [-0.25, -0.2) is 4.79 Å². The van der Waals surface area contributed by atoms with Gasteiger partial charge in [0, 0.05) is 12.1 Å². The first kappa shape index (κ1) is 22.7. The molecule has 8 heteroatoms. The van der Waals surface area contributed by atoms with E-state index in [-0.39, 0.29) is 11.5 Å². The molecule has 0 aromatic heterocycles. The van der Waals surface area contributed by atoms with E-state index in [1.54, 1.807) is 25.3 Å². The van der Waals surface area contributed by atoms with E-state index in [9.17, 15) is 14.4 Å². The van der Waals surface area contributed by atoms with Gasteiger partial charge >= 0.3 is 5.97 Å². The van der Waals surface area contributed by atoms with E-state index in [1.165, 1.54) is 33.1 Å². The van der Waals surface area contributed by atoms with Crippen molar-refractivity contribution in [1.82, 2.24) is 5.32 Å². The highest BCUT2D eigenvalue weighted by Gasteiger charge is 2.18. The predicted molar refractivity (Wildman–Crippen MR) is 109 cm³/mol. The number of ketones is 1. The van der Waals surface area contributed by atoms with Crippen LogP contribution in [-0.4, -0.2) is 44.6 Å². The molecular formula is C22H25NO7. The number of carbonyl (C=O) groups is 3. The zero-order valence-electron chi connectivity index (χ0n) is 17.4. The van der Waals surface area contributed by atoms with Crippen LogP contribution in [0.3, 0.4) is 0 Å². The van der Waals surface area contributed by atoms with Crippen molar-refractivity contribution >= 4 is 17.7 Å². The minimum Gasteiger partial charge on any atom is -0.497 e. The van der Waals surface area contributed by atoms with Gasteiger partial charge in [-0.2, -0.15) is 0 Å². The second-order valence-electron chi connectivity index (χ2n) is 6.41. The van der Waals surface area contributed by atoms with E-state index in [1.807, 2.05) is 12.1 Å². The average Bonchev–Trinajstić information content (AvgIpc) is 2.75. The first-order valence-corrected chi connectivity index (χ1v) is 9.26. The van der Waals surface area contributed by atoms with Gasteiger partial charge in [0.1, 0.15) is 5.75 Å². The van der Waals surface area contributed by atoms with Crippen LogP contribution in [-0.2, 0) is 20.9 Å². The van der Waals surface area contributed by atoms with Crippen molar-refractivity contribution in [3.63, 3.8) is 0 Å². The van der Waals surface area contributed by atoms with Gasteiger partial charge in [-0.15, -0.1) is 0 Å². The molecule has 2 aromatic carbocycles. The predicted octanol–water partition coefficient (Wildman–Crippen LogP) is 2.53. The SMILES string of the molecule is COc1ccc(CNC(=O)[C@@H](C)OC(=O)COc2ccc(C(C)=O)cc2OC)cc1. The summed E-state index contributed by atoms with van der Waals surface area (Å²) >= 11 is 0. The number of methoxy groups -OCH3 is 2. The summed E-state index contributed by atoms with van der Waals surface area (Å²) in [5, 5.41) is 2.70. The zero-order chi connectivity index (χ0) is 22.1. The Hall–Kier alpha value is -3.55. The number of amides is 1. The van der Waals surface area contributed by atoms with Crippen LogP contribution >= 0.6 is 0 Å². The molecule has 1 atom stereocenters. The van der Waals surface area contributed by atoms with Crippen LogP contribution in [0.4, 0.5) is 0 Å². The third kappa shape index (κ3) is 6.51. The van der Waals surface area contributed by atoms with Crippen LogP contribution in [0.15, 0.2) is 42.5 Å². The van der Waals surface area contributed by atoms with Crippen molar-refractivity contribution in [2.24, 2.45) is 0 Å². The molecule has 0 spiro atoms. The lowest BCUT2D eigenvalue weighted by molar-refractivity contribution is -0.156. The van der Waals surface area contributed by atoms with E-state index >= 15 is 0 Å². The maximum absolute atomic E-state index is 12.1. The average molecular weight is 415 g/mol. The quantitative estimate of drug-likeness (QED) is 0.470. The number of Topliss-reactive ketones (excluding diaryl/α,β-unsaturated/α-hetero) is 1. The Labute approximate surface area is 175 Å². The molecule has 1 amide bonds. The number of benzene rings is 2. The number of hydrogen-bond donors (Lipinski definition) is 1. The minimum absolute atomic E-state index is 0.117. The Balaban J connectivity index is 1.82. The van der Waals surface area contributed by atoms with Crippen LogP contribution in [0.5, 0.6) is 17.2 Å². The van der Waals surface area contributed by atoms with Gasteiger partial charge in [-0.05, 0) is 49.7 Å². The third-order valence-corrected chi connectivity index (χ3v) is 4.22. The Morgan fingerprint density at radius 1 is 0.967 bits per heavy atom. The molecular weight excluding hydrogens is 390 g/mol. The third-order valence-electron chi connectivity index (χ3n) is 4.22. The Kier molecular flexibility index (Phi) is 8.22. The highest BCUT2D eigenvalue weighted by molar-refractivity contribution is 5.94. The molecule has 1 N–H and O–H groups in total. The van der Waals surface area contributed by atoms with E-state index in [0.29, 0.717) is 17.9 Å². The van der Waals surface area contributed by atoms with Gasteiger partial charge in [0.2, 0.25) is 0 Å². The summed E-state index contributed by atoms with van der Waals surface area (Å²) in [6.07, 6.45) is -0.985. The van der Waals surface area contributed by atoms with Gasteiger partial charge in [0.15, 0.2) is 30.0 Å². The van der Waals surface area contributed by atoms with E-state index < -0.39 is 24.6 Å². The van der Waals surface area contributed by atoms with Crippen LogP contribution in [0, 0.1) is 0 Å². The number of nitrogens with one attached hydrogen (secondary N) is 1.